The number of fused-ring (bicyclic) bond motifs is 1. The number of carbonyl (C=O) groups is 2. The van der Waals surface area contributed by atoms with E-state index in [2.05, 4.69) is 5.32 Å². The van der Waals surface area contributed by atoms with E-state index in [1.165, 1.54) is 4.90 Å². The molecule has 0 aliphatic carbocycles. The van der Waals surface area contributed by atoms with Crippen LogP contribution in [-0.4, -0.2) is 31.6 Å². The van der Waals surface area contributed by atoms with Crippen molar-refractivity contribution in [3.8, 4) is 11.5 Å². The maximum Gasteiger partial charge on any atom is 0.265 e. The van der Waals surface area contributed by atoms with Crippen LogP contribution in [-0.2, 0) is 9.59 Å². The molecule has 1 heterocycles. The highest BCUT2D eigenvalue weighted by molar-refractivity contribution is 6.05. The summed E-state index contributed by atoms with van der Waals surface area (Å²) in [4.78, 5) is 26.0. The highest BCUT2D eigenvalue weighted by Crippen LogP contribution is 2.32. The topological polar surface area (TPSA) is 67.9 Å². The van der Waals surface area contributed by atoms with Crippen LogP contribution in [0.2, 0.25) is 0 Å². The maximum atomic E-state index is 12.4. The van der Waals surface area contributed by atoms with Gasteiger partial charge in [0.1, 0.15) is 18.0 Å². The summed E-state index contributed by atoms with van der Waals surface area (Å²) < 4.78 is 10.8. The Morgan fingerprint density at radius 3 is 2.72 bits per heavy atom. The van der Waals surface area contributed by atoms with E-state index in [9.17, 15) is 9.59 Å². The number of hydrogen-bond acceptors (Lipinski definition) is 4. The molecule has 130 valence electrons. The van der Waals surface area contributed by atoms with Gasteiger partial charge in [-0.25, -0.2) is 0 Å². The zero-order valence-corrected chi connectivity index (χ0v) is 14.2. The van der Waals surface area contributed by atoms with Gasteiger partial charge in [0.05, 0.1) is 12.3 Å². The minimum Gasteiger partial charge on any atom is -0.494 e. The van der Waals surface area contributed by atoms with Crippen LogP contribution < -0.4 is 19.7 Å². The molecule has 0 unspecified atom stereocenters. The van der Waals surface area contributed by atoms with Gasteiger partial charge in [-0.05, 0) is 55.8 Å². The number of hydrogen-bond donors (Lipinski definition) is 1. The quantitative estimate of drug-likeness (QED) is 0.909. The smallest absolute Gasteiger partial charge is 0.265 e. The van der Waals surface area contributed by atoms with Gasteiger partial charge in [-0.1, -0.05) is 6.07 Å². The number of amides is 2. The zero-order chi connectivity index (χ0) is 17.8. The normalized spacial score (nSPS) is 13.0. The summed E-state index contributed by atoms with van der Waals surface area (Å²) in [5, 5.41) is 2.80. The summed E-state index contributed by atoms with van der Waals surface area (Å²) in [5.41, 5.74) is 2.27. The molecule has 0 fully saturated rings. The molecule has 1 aliphatic rings. The average Bonchev–Trinajstić information content (AvgIpc) is 2.59. The van der Waals surface area contributed by atoms with E-state index in [1.54, 1.807) is 24.3 Å². The molecule has 0 spiro atoms. The molecule has 25 heavy (non-hydrogen) atoms. The van der Waals surface area contributed by atoms with Crippen molar-refractivity contribution in [2.45, 2.75) is 13.8 Å². The van der Waals surface area contributed by atoms with Gasteiger partial charge >= 0.3 is 0 Å². The van der Waals surface area contributed by atoms with Gasteiger partial charge in [0.15, 0.2) is 6.61 Å². The molecular weight excluding hydrogens is 320 g/mol. The molecule has 0 saturated heterocycles. The highest BCUT2D eigenvalue weighted by Gasteiger charge is 2.27. The lowest BCUT2D eigenvalue weighted by atomic mass is 10.1. The molecule has 0 aromatic heterocycles. The van der Waals surface area contributed by atoms with Crippen molar-refractivity contribution in [2.75, 3.05) is 30.0 Å². The molecule has 2 amide bonds. The van der Waals surface area contributed by atoms with Gasteiger partial charge in [0, 0.05) is 5.69 Å². The fraction of sp³-hybridized carbons (Fsp3) is 0.263. The molecule has 3 rings (SSSR count). The number of aryl methyl sites for hydroxylation is 1. The van der Waals surface area contributed by atoms with Crippen molar-refractivity contribution in [2.24, 2.45) is 0 Å². The van der Waals surface area contributed by atoms with E-state index in [-0.39, 0.29) is 25.0 Å². The lowest BCUT2D eigenvalue weighted by Crippen LogP contribution is -2.43. The summed E-state index contributed by atoms with van der Waals surface area (Å²) in [6, 6.07) is 12.7. The maximum absolute atomic E-state index is 12.4. The van der Waals surface area contributed by atoms with Crippen LogP contribution in [0.25, 0.3) is 0 Å². The molecule has 0 bridgehead atoms. The van der Waals surface area contributed by atoms with E-state index in [0.717, 1.165) is 11.3 Å². The molecule has 1 N–H and O–H groups in total. The second-order valence-electron chi connectivity index (χ2n) is 5.75. The first kappa shape index (κ1) is 16.8. The summed E-state index contributed by atoms with van der Waals surface area (Å²) in [6.07, 6.45) is 0. The van der Waals surface area contributed by atoms with Gasteiger partial charge in [-0.3, -0.25) is 14.5 Å². The Balaban J connectivity index is 1.70. The lowest BCUT2D eigenvalue weighted by molar-refractivity contribution is -0.123. The van der Waals surface area contributed by atoms with Gasteiger partial charge in [0.25, 0.3) is 5.91 Å². The number of ether oxygens (including phenoxy) is 2. The minimum atomic E-state index is -0.271. The van der Waals surface area contributed by atoms with Gasteiger partial charge in [-0.2, -0.15) is 0 Å². The van der Waals surface area contributed by atoms with Crippen LogP contribution in [0.1, 0.15) is 12.5 Å². The van der Waals surface area contributed by atoms with Crippen LogP contribution in [0.4, 0.5) is 11.4 Å². The van der Waals surface area contributed by atoms with Crippen LogP contribution >= 0.6 is 0 Å². The van der Waals surface area contributed by atoms with Crippen molar-refractivity contribution in [3.63, 3.8) is 0 Å². The van der Waals surface area contributed by atoms with E-state index in [0.29, 0.717) is 23.7 Å². The van der Waals surface area contributed by atoms with Gasteiger partial charge < -0.3 is 14.8 Å². The predicted molar refractivity (Wildman–Crippen MR) is 95.3 cm³/mol. The van der Waals surface area contributed by atoms with Crippen LogP contribution in [0.15, 0.2) is 42.5 Å². The Bertz CT molecular complexity index is 787. The largest absolute Gasteiger partial charge is 0.494 e. The van der Waals surface area contributed by atoms with Crippen molar-refractivity contribution in [1.82, 2.24) is 0 Å². The van der Waals surface area contributed by atoms with Crippen molar-refractivity contribution in [1.29, 1.82) is 0 Å². The summed E-state index contributed by atoms with van der Waals surface area (Å²) in [7, 11) is 0. The number of anilines is 2. The Morgan fingerprint density at radius 1 is 1.24 bits per heavy atom. The van der Waals surface area contributed by atoms with E-state index in [1.807, 2.05) is 32.0 Å². The summed E-state index contributed by atoms with van der Waals surface area (Å²) >= 11 is 0. The molecule has 2 aromatic rings. The van der Waals surface area contributed by atoms with Crippen LogP contribution in [0.3, 0.4) is 0 Å². The first-order valence-corrected chi connectivity index (χ1v) is 8.13. The Hall–Kier alpha value is -3.02. The molecule has 0 saturated carbocycles. The third-order valence-corrected chi connectivity index (χ3v) is 3.81. The lowest BCUT2D eigenvalue weighted by Gasteiger charge is -2.29. The van der Waals surface area contributed by atoms with Crippen molar-refractivity contribution < 1.29 is 19.1 Å². The number of carbonyl (C=O) groups excluding carboxylic acids is 2. The Labute approximate surface area is 146 Å². The fourth-order valence-corrected chi connectivity index (χ4v) is 2.63. The van der Waals surface area contributed by atoms with Gasteiger partial charge in [0.2, 0.25) is 5.91 Å². The molecule has 6 heteroatoms. The molecule has 0 atom stereocenters. The first-order valence-electron chi connectivity index (χ1n) is 8.13. The second-order valence-corrected chi connectivity index (χ2v) is 5.75. The third-order valence-electron chi connectivity index (χ3n) is 3.81. The number of nitrogens with one attached hydrogen (secondary N) is 1. The minimum absolute atomic E-state index is 0.0631. The number of nitrogens with zero attached hydrogens (tertiary/aromatic N) is 1. The molecular formula is C19H20N2O4. The first-order chi connectivity index (χ1) is 12.1. The molecule has 1 aliphatic heterocycles. The summed E-state index contributed by atoms with van der Waals surface area (Å²) in [5.74, 6) is 0.846. The number of benzene rings is 2. The third kappa shape index (κ3) is 3.91. The zero-order valence-electron chi connectivity index (χ0n) is 14.2. The van der Waals surface area contributed by atoms with E-state index in [4.69, 9.17) is 9.47 Å². The van der Waals surface area contributed by atoms with Crippen molar-refractivity contribution >= 4 is 23.2 Å². The summed E-state index contributed by atoms with van der Waals surface area (Å²) in [6.45, 7) is 4.30. The van der Waals surface area contributed by atoms with Crippen LogP contribution in [0.5, 0.6) is 11.5 Å². The average molecular weight is 340 g/mol. The van der Waals surface area contributed by atoms with Crippen molar-refractivity contribution in [3.05, 3.63) is 48.0 Å². The molecule has 2 aromatic carbocycles. The van der Waals surface area contributed by atoms with Crippen LogP contribution in [0, 0.1) is 6.92 Å². The Morgan fingerprint density at radius 2 is 2.00 bits per heavy atom. The number of rotatable bonds is 5. The SMILES string of the molecule is CCOc1ccc(NC(=O)CN2C(=O)COc3ccc(C)cc32)cc1. The van der Waals surface area contributed by atoms with E-state index < -0.39 is 0 Å². The molecule has 0 radical (unpaired) electrons. The molecule has 6 nitrogen and oxygen atoms in total. The van der Waals surface area contributed by atoms with Gasteiger partial charge in [-0.15, -0.1) is 0 Å². The van der Waals surface area contributed by atoms with E-state index >= 15 is 0 Å². The highest BCUT2D eigenvalue weighted by atomic mass is 16.5. The standard InChI is InChI=1S/C19H20N2O4/c1-3-24-15-7-5-14(6-8-15)20-18(22)11-21-16-10-13(2)4-9-17(16)25-12-19(21)23/h4-10H,3,11-12H2,1-2H3,(H,20,22). The Kier molecular flexibility index (Phi) is 4.88. The fourth-order valence-electron chi connectivity index (χ4n) is 2.63. The monoisotopic (exact) mass is 340 g/mol. The predicted octanol–water partition coefficient (Wildman–Crippen LogP) is 2.76. The second kappa shape index (κ2) is 7.25.